The fourth-order valence-electron chi connectivity index (χ4n) is 3.29. The van der Waals surface area contributed by atoms with E-state index in [0.717, 1.165) is 17.1 Å². The molecule has 2 aromatic heterocycles. The molecule has 0 bridgehead atoms. The van der Waals surface area contributed by atoms with Crippen molar-refractivity contribution in [2.45, 2.75) is 13.0 Å². The van der Waals surface area contributed by atoms with Gasteiger partial charge in [0.2, 0.25) is 5.91 Å². The highest BCUT2D eigenvalue weighted by molar-refractivity contribution is 5.85. The largest absolute Gasteiger partial charge is 0.353 e. The van der Waals surface area contributed by atoms with Gasteiger partial charge in [-0.1, -0.05) is 30.3 Å². The monoisotopic (exact) mass is 423 g/mol. The molecule has 2 N–H and O–H groups in total. The minimum absolute atomic E-state index is 0. The fourth-order valence-corrected chi connectivity index (χ4v) is 3.29. The summed E-state index contributed by atoms with van der Waals surface area (Å²) in [6, 6.07) is 10.9. The van der Waals surface area contributed by atoms with Crippen molar-refractivity contribution < 1.29 is 4.79 Å². The van der Waals surface area contributed by atoms with Gasteiger partial charge in [-0.05, 0) is 12.5 Å². The Balaban J connectivity index is 0.00000140. The van der Waals surface area contributed by atoms with Crippen LogP contribution < -0.4 is 10.6 Å². The van der Waals surface area contributed by atoms with Gasteiger partial charge in [-0.3, -0.25) is 4.79 Å². The lowest BCUT2D eigenvalue weighted by Gasteiger charge is -2.37. The highest BCUT2D eigenvalue weighted by Gasteiger charge is 2.27. The second kappa shape index (κ2) is 9.18. The standard InChI is InChI=1S/C18H21N7O.2ClH/c1-13-11-15(25-18(22-13)20-12-21-25)23-7-9-24(10-8-23)17(26)16(19)14-5-3-2-4-6-14;;/h2-6,11-12,16H,7-10,19H2,1H3;2*1H. The van der Waals surface area contributed by atoms with E-state index in [0.29, 0.717) is 32.0 Å². The van der Waals surface area contributed by atoms with Crippen LogP contribution in [0.3, 0.4) is 0 Å². The van der Waals surface area contributed by atoms with Crippen molar-refractivity contribution in [2.24, 2.45) is 5.73 Å². The summed E-state index contributed by atoms with van der Waals surface area (Å²) >= 11 is 0. The summed E-state index contributed by atoms with van der Waals surface area (Å²) in [5, 5.41) is 4.26. The summed E-state index contributed by atoms with van der Waals surface area (Å²) in [6.45, 7) is 4.61. The number of carbonyl (C=O) groups is 1. The number of carbonyl (C=O) groups excluding carboxylic acids is 1. The van der Waals surface area contributed by atoms with Crippen molar-refractivity contribution in [2.75, 3.05) is 31.1 Å². The predicted molar refractivity (Wildman–Crippen MR) is 112 cm³/mol. The average molecular weight is 424 g/mol. The zero-order valence-corrected chi connectivity index (χ0v) is 17.1. The maximum absolute atomic E-state index is 12.7. The molecule has 0 radical (unpaired) electrons. The first kappa shape index (κ1) is 21.9. The summed E-state index contributed by atoms with van der Waals surface area (Å²) in [4.78, 5) is 25.3. The van der Waals surface area contributed by atoms with E-state index >= 15 is 0 Å². The van der Waals surface area contributed by atoms with Crippen LogP contribution >= 0.6 is 24.8 Å². The maximum atomic E-state index is 12.7. The van der Waals surface area contributed by atoms with Gasteiger partial charge in [0, 0.05) is 37.9 Å². The molecule has 1 aromatic carbocycles. The van der Waals surface area contributed by atoms with Crippen molar-refractivity contribution >= 4 is 42.3 Å². The van der Waals surface area contributed by atoms with E-state index < -0.39 is 6.04 Å². The lowest BCUT2D eigenvalue weighted by atomic mass is 10.1. The summed E-state index contributed by atoms with van der Waals surface area (Å²) in [7, 11) is 0. The molecule has 1 atom stereocenters. The Morgan fingerprint density at radius 2 is 1.79 bits per heavy atom. The number of fused-ring (bicyclic) bond motifs is 1. The molecule has 0 aliphatic carbocycles. The molecule has 1 aliphatic rings. The highest BCUT2D eigenvalue weighted by Crippen LogP contribution is 2.19. The number of anilines is 1. The predicted octanol–water partition coefficient (Wildman–Crippen LogP) is 1.62. The third-order valence-corrected chi connectivity index (χ3v) is 4.70. The molecule has 8 nitrogen and oxygen atoms in total. The van der Waals surface area contributed by atoms with Crippen LogP contribution in [0.2, 0.25) is 0 Å². The SMILES string of the molecule is Cc1cc(N2CCN(C(=O)C(N)c3ccccc3)CC2)n2ncnc2n1.Cl.Cl. The summed E-state index contributed by atoms with van der Waals surface area (Å²) < 4.78 is 1.74. The molecule has 4 rings (SSSR count). The molecule has 150 valence electrons. The zero-order valence-electron chi connectivity index (χ0n) is 15.4. The van der Waals surface area contributed by atoms with Gasteiger partial charge in [0.05, 0.1) is 0 Å². The molecular formula is C18H23Cl2N7O. The van der Waals surface area contributed by atoms with Crippen molar-refractivity contribution in [1.82, 2.24) is 24.5 Å². The van der Waals surface area contributed by atoms with Gasteiger partial charge in [-0.2, -0.15) is 14.6 Å². The van der Waals surface area contributed by atoms with E-state index in [4.69, 9.17) is 5.73 Å². The van der Waals surface area contributed by atoms with Crippen LogP contribution in [-0.2, 0) is 4.79 Å². The van der Waals surface area contributed by atoms with Gasteiger partial charge in [0.15, 0.2) is 0 Å². The molecule has 1 aliphatic heterocycles. The normalized spacial score (nSPS) is 14.9. The smallest absolute Gasteiger partial charge is 0.254 e. The van der Waals surface area contributed by atoms with Gasteiger partial charge < -0.3 is 15.5 Å². The molecule has 28 heavy (non-hydrogen) atoms. The van der Waals surface area contributed by atoms with Crippen LogP contribution in [0.5, 0.6) is 0 Å². The summed E-state index contributed by atoms with van der Waals surface area (Å²) in [5.41, 5.74) is 7.90. The number of piperazine rings is 1. The Hall–Kier alpha value is -2.42. The van der Waals surface area contributed by atoms with Crippen LogP contribution in [0.1, 0.15) is 17.3 Å². The van der Waals surface area contributed by atoms with Crippen LogP contribution in [0.4, 0.5) is 5.82 Å². The Morgan fingerprint density at radius 3 is 2.46 bits per heavy atom. The minimum Gasteiger partial charge on any atom is -0.353 e. The van der Waals surface area contributed by atoms with Gasteiger partial charge in [-0.25, -0.2) is 4.98 Å². The molecule has 1 unspecified atom stereocenters. The summed E-state index contributed by atoms with van der Waals surface area (Å²) in [6.07, 6.45) is 1.50. The average Bonchev–Trinajstić information content (AvgIpc) is 3.15. The Bertz CT molecular complexity index is 926. The van der Waals surface area contributed by atoms with Crippen molar-refractivity contribution in [3.63, 3.8) is 0 Å². The van der Waals surface area contributed by atoms with Crippen LogP contribution in [0.25, 0.3) is 5.78 Å². The third kappa shape index (κ3) is 4.19. The lowest BCUT2D eigenvalue weighted by Crippen LogP contribution is -2.51. The van der Waals surface area contributed by atoms with Gasteiger partial charge in [0.1, 0.15) is 18.2 Å². The molecule has 0 saturated carbocycles. The van der Waals surface area contributed by atoms with Gasteiger partial charge in [0.25, 0.3) is 5.78 Å². The molecule has 3 aromatic rings. The molecule has 0 spiro atoms. The topological polar surface area (TPSA) is 92.7 Å². The van der Waals surface area contributed by atoms with E-state index in [2.05, 4.69) is 20.0 Å². The highest BCUT2D eigenvalue weighted by atomic mass is 35.5. The number of aromatic nitrogens is 4. The molecule has 1 amide bonds. The number of halogens is 2. The minimum atomic E-state index is -0.618. The number of hydrogen-bond acceptors (Lipinski definition) is 6. The fraction of sp³-hybridized carbons (Fsp3) is 0.333. The van der Waals surface area contributed by atoms with Crippen LogP contribution in [0, 0.1) is 6.92 Å². The van der Waals surface area contributed by atoms with E-state index in [-0.39, 0.29) is 30.7 Å². The van der Waals surface area contributed by atoms with Crippen molar-refractivity contribution in [3.8, 4) is 0 Å². The number of hydrogen-bond donors (Lipinski definition) is 1. The quantitative estimate of drug-likeness (QED) is 0.687. The van der Waals surface area contributed by atoms with Gasteiger partial charge >= 0.3 is 0 Å². The third-order valence-electron chi connectivity index (χ3n) is 4.70. The van der Waals surface area contributed by atoms with Crippen LogP contribution in [0.15, 0.2) is 42.7 Å². The first-order valence-electron chi connectivity index (χ1n) is 8.65. The summed E-state index contributed by atoms with van der Waals surface area (Å²) in [5.74, 6) is 1.50. The number of nitrogens with zero attached hydrogens (tertiary/aromatic N) is 6. The Labute approximate surface area is 175 Å². The van der Waals surface area contributed by atoms with E-state index in [1.54, 1.807) is 4.52 Å². The number of nitrogens with two attached hydrogens (primary N) is 1. The van der Waals surface area contributed by atoms with E-state index in [1.165, 1.54) is 6.33 Å². The molecule has 3 heterocycles. The van der Waals surface area contributed by atoms with E-state index in [1.807, 2.05) is 48.2 Å². The molecular weight excluding hydrogens is 401 g/mol. The molecule has 1 saturated heterocycles. The lowest BCUT2D eigenvalue weighted by molar-refractivity contribution is -0.133. The first-order chi connectivity index (χ1) is 12.6. The second-order valence-corrected chi connectivity index (χ2v) is 6.43. The molecule has 10 heteroatoms. The Kier molecular flexibility index (Phi) is 7.17. The van der Waals surface area contributed by atoms with Crippen LogP contribution in [-0.4, -0.2) is 56.6 Å². The van der Waals surface area contributed by atoms with Crippen molar-refractivity contribution in [1.29, 1.82) is 0 Å². The Morgan fingerprint density at radius 1 is 1.11 bits per heavy atom. The van der Waals surface area contributed by atoms with E-state index in [9.17, 15) is 4.79 Å². The molecule has 1 fully saturated rings. The second-order valence-electron chi connectivity index (χ2n) is 6.43. The number of amides is 1. The zero-order chi connectivity index (χ0) is 18.1. The van der Waals surface area contributed by atoms with Gasteiger partial charge in [-0.15, -0.1) is 24.8 Å². The number of aryl methyl sites for hydroxylation is 1. The number of benzene rings is 1. The maximum Gasteiger partial charge on any atom is 0.254 e. The number of rotatable bonds is 3. The first-order valence-corrected chi connectivity index (χ1v) is 8.65. The van der Waals surface area contributed by atoms with Crippen molar-refractivity contribution in [3.05, 3.63) is 54.0 Å².